The standard InChI is InChI=1S/C18H29N7O9S/c1-7-13(29)23-9(4-12(21)28)16(32)25-18(17(33)34,3-2-11(20)27)35-6-8(19)14(30)24-10(5-26)15(31)22-7/h7-10,26H,2-6,19H2,1H3,(H2,20,27)(H2,21,28)(H,22,31)(H,23,29)(H,24,30)(H,25,32)(H,33,34)/t7?,8-,9-,10?,18+/m0/s1. The van der Waals surface area contributed by atoms with Gasteiger partial charge < -0.3 is 48.7 Å². The Kier molecular flexibility index (Phi) is 10.9. The van der Waals surface area contributed by atoms with Crippen LogP contribution in [0.5, 0.6) is 0 Å². The molecule has 0 aromatic heterocycles. The van der Waals surface area contributed by atoms with Crippen molar-refractivity contribution in [2.24, 2.45) is 17.2 Å². The minimum absolute atomic E-state index is 0.430. The SMILES string of the molecule is CC1NC(=O)C(CO)NC(=O)[C@@H](N)CS[C@](CCC(N)=O)(C(=O)O)NC(=O)[C@H](CC(N)=O)NC1=O. The van der Waals surface area contributed by atoms with E-state index in [4.69, 9.17) is 17.2 Å². The normalized spacial score (nSPS) is 28.9. The summed E-state index contributed by atoms with van der Waals surface area (Å²) in [5.41, 5.74) is 16.1. The molecule has 1 heterocycles. The molecule has 0 aromatic rings. The maximum atomic E-state index is 13.0. The van der Waals surface area contributed by atoms with Gasteiger partial charge in [-0.3, -0.25) is 28.8 Å². The maximum Gasteiger partial charge on any atom is 0.340 e. The quantitative estimate of drug-likeness (QED) is 0.153. The van der Waals surface area contributed by atoms with Crippen LogP contribution in [-0.2, 0) is 33.6 Å². The van der Waals surface area contributed by atoms with E-state index in [-0.39, 0.29) is 0 Å². The summed E-state index contributed by atoms with van der Waals surface area (Å²) in [4.78, 5) is 83.1. The fraction of sp³-hybridized carbons (Fsp3) is 0.611. The van der Waals surface area contributed by atoms with Gasteiger partial charge in [-0.25, -0.2) is 4.79 Å². The summed E-state index contributed by atoms with van der Waals surface area (Å²) in [5.74, 6) is -7.94. The Hall–Kier alpha value is -3.44. The van der Waals surface area contributed by atoms with Crippen molar-refractivity contribution in [1.29, 1.82) is 0 Å². The summed E-state index contributed by atoms with van der Waals surface area (Å²) in [6.07, 6.45) is -1.75. The molecule has 1 aliphatic rings. The second-order valence-corrected chi connectivity index (χ2v) is 9.03. The van der Waals surface area contributed by atoms with Gasteiger partial charge >= 0.3 is 5.97 Å². The zero-order valence-corrected chi connectivity index (χ0v) is 19.6. The zero-order chi connectivity index (χ0) is 26.9. The molecule has 16 nitrogen and oxygen atoms in total. The number of nitrogens with two attached hydrogens (primary N) is 3. The molecule has 196 valence electrons. The molecule has 0 bridgehead atoms. The molecule has 6 amide bonds. The van der Waals surface area contributed by atoms with Crippen molar-refractivity contribution in [3.05, 3.63) is 0 Å². The number of hydrogen-bond donors (Lipinski definition) is 9. The Bertz CT molecular complexity index is 886. The Balaban J connectivity index is 3.48. The van der Waals surface area contributed by atoms with Crippen molar-refractivity contribution < 1.29 is 43.8 Å². The third-order valence-electron chi connectivity index (χ3n) is 4.85. The molecule has 0 saturated carbocycles. The molecule has 1 fully saturated rings. The fourth-order valence-corrected chi connectivity index (χ4v) is 4.00. The van der Waals surface area contributed by atoms with Crippen LogP contribution in [-0.4, -0.2) is 93.0 Å². The van der Waals surface area contributed by atoms with Gasteiger partial charge in [-0.1, -0.05) is 0 Å². The summed E-state index contributed by atoms with van der Waals surface area (Å²) < 4.78 is 0. The van der Waals surface area contributed by atoms with Crippen molar-refractivity contribution in [3.63, 3.8) is 0 Å². The van der Waals surface area contributed by atoms with E-state index in [9.17, 15) is 43.8 Å². The van der Waals surface area contributed by atoms with Gasteiger partial charge in [0, 0.05) is 12.2 Å². The minimum atomic E-state index is -2.25. The topological polar surface area (TPSA) is 286 Å². The Morgan fingerprint density at radius 3 is 2.09 bits per heavy atom. The lowest BCUT2D eigenvalue weighted by atomic mass is 10.1. The highest BCUT2D eigenvalue weighted by Gasteiger charge is 2.43. The van der Waals surface area contributed by atoms with Gasteiger partial charge in [0.1, 0.15) is 18.1 Å². The predicted octanol–water partition coefficient (Wildman–Crippen LogP) is -5.43. The first-order valence-electron chi connectivity index (χ1n) is 10.3. The molecule has 0 aliphatic carbocycles. The van der Waals surface area contributed by atoms with Gasteiger partial charge in [0.25, 0.3) is 0 Å². The van der Waals surface area contributed by atoms with Crippen molar-refractivity contribution in [3.8, 4) is 0 Å². The Labute approximate surface area is 203 Å². The predicted molar refractivity (Wildman–Crippen MR) is 120 cm³/mol. The molecular formula is C18H29N7O9S. The number of carboxylic acid groups (broad SMARTS) is 1. The first-order chi connectivity index (χ1) is 16.2. The van der Waals surface area contributed by atoms with E-state index in [2.05, 4.69) is 21.3 Å². The van der Waals surface area contributed by atoms with E-state index in [1.807, 2.05) is 0 Å². The number of carbonyl (C=O) groups excluding carboxylic acids is 6. The highest BCUT2D eigenvalue weighted by molar-refractivity contribution is 8.01. The first-order valence-corrected chi connectivity index (χ1v) is 11.2. The number of aliphatic hydroxyl groups excluding tert-OH is 1. The maximum absolute atomic E-state index is 13.0. The number of aliphatic carboxylic acids is 1. The highest BCUT2D eigenvalue weighted by atomic mass is 32.2. The van der Waals surface area contributed by atoms with Gasteiger partial charge in [0.2, 0.25) is 35.4 Å². The summed E-state index contributed by atoms with van der Waals surface area (Å²) in [7, 11) is 0. The Morgan fingerprint density at radius 1 is 0.971 bits per heavy atom. The number of carbonyl (C=O) groups is 7. The van der Waals surface area contributed by atoms with Crippen LogP contribution in [0.4, 0.5) is 0 Å². The summed E-state index contributed by atoms with van der Waals surface area (Å²) in [5, 5.41) is 28.2. The van der Waals surface area contributed by atoms with Crippen LogP contribution < -0.4 is 38.5 Å². The van der Waals surface area contributed by atoms with Gasteiger partial charge in [0.15, 0.2) is 4.87 Å². The number of amides is 6. The molecule has 12 N–H and O–H groups in total. The summed E-state index contributed by atoms with van der Waals surface area (Å²) >= 11 is 0.481. The van der Waals surface area contributed by atoms with Gasteiger partial charge in [-0.05, 0) is 13.3 Å². The van der Waals surface area contributed by atoms with E-state index in [0.717, 1.165) is 0 Å². The molecule has 0 spiro atoms. The molecule has 2 unspecified atom stereocenters. The molecule has 17 heteroatoms. The molecule has 0 aromatic carbocycles. The van der Waals surface area contributed by atoms with Crippen molar-refractivity contribution >= 4 is 53.2 Å². The largest absolute Gasteiger partial charge is 0.479 e. The van der Waals surface area contributed by atoms with Crippen LogP contribution in [0.25, 0.3) is 0 Å². The average Bonchev–Trinajstić information content (AvgIpc) is 2.76. The van der Waals surface area contributed by atoms with Crippen molar-refractivity contribution in [2.45, 2.75) is 55.2 Å². The highest BCUT2D eigenvalue weighted by Crippen LogP contribution is 2.29. The van der Waals surface area contributed by atoms with Crippen LogP contribution in [0.1, 0.15) is 26.2 Å². The zero-order valence-electron chi connectivity index (χ0n) is 18.7. The first kappa shape index (κ1) is 29.6. The number of rotatable bonds is 7. The van der Waals surface area contributed by atoms with E-state index in [0.29, 0.717) is 11.8 Å². The Morgan fingerprint density at radius 2 is 1.57 bits per heavy atom. The smallest absolute Gasteiger partial charge is 0.340 e. The van der Waals surface area contributed by atoms with Crippen molar-refractivity contribution in [2.75, 3.05) is 12.4 Å². The van der Waals surface area contributed by atoms with E-state index in [1.165, 1.54) is 6.92 Å². The number of hydrogen-bond acceptors (Lipinski definition) is 10. The number of carboxylic acids is 1. The molecule has 5 atom stereocenters. The van der Waals surface area contributed by atoms with Crippen LogP contribution in [0, 0.1) is 0 Å². The third kappa shape index (κ3) is 8.69. The second kappa shape index (κ2) is 12.9. The lowest BCUT2D eigenvalue weighted by molar-refractivity contribution is -0.144. The lowest BCUT2D eigenvalue weighted by Gasteiger charge is -2.32. The molecule has 35 heavy (non-hydrogen) atoms. The summed E-state index contributed by atoms with van der Waals surface area (Å²) in [6.45, 7) is 0.366. The van der Waals surface area contributed by atoms with Crippen LogP contribution in [0.3, 0.4) is 0 Å². The van der Waals surface area contributed by atoms with Crippen molar-refractivity contribution in [1.82, 2.24) is 21.3 Å². The summed E-state index contributed by atoms with van der Waals surface area (Å²) in [6, 6.07) is -5.89. The second-order valence-electron chi connectivity index (χ2n) is 7.71. The van der Waals surface area contributed by atoms with Crippen LogP contribution in [0.2, 0.25) is 0 Å². The van der Waals surface area contributed by atoms with E-state index in [1.54, 1.807) is 0 Å². The van der Waals surface area contributed by atoms with Crippen LogP contribution in [0.15, 0.2) is 0 Å². The molecule has 1 saturated heterocycles. The third-order valence-corrected chi connectivity index (χ3v) is 6.35. The number of primary amides is 2. The number of aliphatic hydroxyl groups is 1. The molecular weight excluding hydrogens is 490 g/mol. The monoisotopic (exact) mass is 519 g/mol. The van der Waals surface area contributed by atoms with Gasteiger partial charge in [-0.2, -0.15) is 0 Å². The molecule has 1 aliphatic heterocycles. The fourth-order valence-electron chi connectivity index (χ4n) is 2.85. The minimum Gasteiger partial charge on any atom is -0.479 e. The van der Waals surface area contributed by atoms with Crippen LogP contribution >= 0.6 is 11.8 Å². The lowest BCUT2D eigenvalue weighted by Crippen LogP contribution is -2.60. The average molecular weight is 520 g/mol. The van der Waals surface area contributed by atoms with E-state index >= 15 is 0 Å². The molecule has 0 radical (unpaired) electrons. The van der Waals surface area contributed by atoms with E-state index < -0.39 is 102 Å². The number of thioether (sulfide) groups is 1. The van der Waals surface area contributed by atoms with Gasteiger partial charge in [0.05, 0.1) is 19.1 Å². The van der Waals surface area contributed by atoms with Gasteiger partial charge in [-0.15, -0.1) is 11.8 Å². The number of nitrogens with one attached hydrogen (secondary N) is 4. The molecule has 1 rings (SSSR count).